The Morgan fingerprint density at radius 1 is 1.21 bits per heavy atom. The first-order valence-electron chi connectivity index (χ1n) is 6.95. The van der Waals surface area contributed by atoms with Crippen molar-refractivity contribution < 1.29 is 9.90 Å². The Hall–Kier alpha value is -1.51. The van der Waals surface area contributed by atoms with E-state index in [-0.39, 0.29) is 6.42 Å². The van der Waals surface area contributed by atoms with Crippen molar-refractivity contribution in [1.82, 2.24) is 0 Å². The van der Waals surface area contributed by atoms with Crippen molar-refractivity contribution in [3.8, 4) is 0 Å². The van der Waals surface area contributed by atoms with E-state index in [9.17, 15) is 4.79 Å². The molecule has 1 atom stereocenters. The number of carboxylic acids is 1. The Morgan fingerprint density at radius 3 is 2.26 bits per heavy atom. The predicted octanol–water partition coefficient (Wildman–Crippen LogP) is 3.71. The lowest BCUT2D eigenvalue weighted by molar-refractivity contribution is -0.136. The van der Waals surface area contributed by atoms with Crippen molar-refractivity contribution in [3.05, 3.63) is 29.8 Å². The summed E-state index contributed by atoms with van der Waals surface area (Å²) in [5, 5.41) is 8.89. The van der Waals surface area contributed by atoms with E-state index in [0.29, 0.717) is 18.5 Å². The first-order chi connectivity index (χ1) is 8.90. The number of carboxylic acid groups (broad SMARTS) is 1. The third kappa shape index (κ3) is 5.33. The van der Waals surface area contributed by atoms with Crippen molar-refractivity contribution in [2.24, 2.45) is 5.92 Å². The van der Waals surface area contributed by atoms with Crippen LogP contribution in [0.4, 0.5) is 5.69 Å². The SMILES string of the molecule is Cc1ccc(N(CCC(=O)O)C(C)CC(C)C)cc1. The average molecular weight is 263 g/mol. The van der Waals surface area contributed by atoms with Crippen LogP contribution in [0.3, 0.4) is 0 Å². The number of benzene rings is 1. The van der Waals surface area contributed by atoms with Crippen LogP contribution in [-0.2, 0) is 4.79 Å². The minimum atomic E-state index is -0.742. The largest absolute Gasteiger partial charge is 0.481 e. The van der Waals surface area contributed by atoms with Crippen LogP contribution in [-0.4, -0.2) is 23.7 Å². The lowest BCUT2D eigenvalue weighted by atomic mass is 10.0. The minimum Gasteiger partial charge on any atom is -0.481 e. The molecule has 1 N–H and O–H groups in total. The maximum Gasteiger partial charge on any atom is 0.305 e. The summed E-state index contributed by atoms with van der Waals surface area (Å²) in [4.78, 5) is 13.0. The smallest absolute Gasteiger partial charge is 0.305 e. The minimum absolute atomic E-state index is 0.177. The molecule has 0 bridgehead atoms. The molecule has 0 aliphatic carbocycles. The van der Waals surface area contributed by atoms with Crippen LogP contribution in [0.5, 0.6) is 0 Å². The maximum absolute atomic E-state index is 10.8. The molecule has 0 fully saturated rings. The second kappa shape index (κ2) is 7.17. The summed E-state index contributed by atoms with van der Waals surface area (Å²) in [5.74, 6) is -0.137. The second-order valence-electron chi connectivity index (χ2n) is 5.65. The summed E-state index contributed by atoms with van der Waals surface area (Å²) >= 11 is 0. The van der Waals surface area contributed by atoms with Crippen molar-refractivity contribution in [2.45, 2.75) is 46.6 Å². The number of aliphatic carboxylic acids is 1. The number of nitrogens with zero attached hydrogens (tertiary/aromatic N) is 1. The summed E-state index contributed by atoms with van der Waals surface area (Å²) in [6, 6.07) is 8.65. The summed E-state index contributed by atoms with van der Waals surface area (Å²) < 4.78 is 0. The predicted molar refractivity (Wildman–Crippen MR) is 79.7 cm³/mol. The molecule has 3 heteroatoms. The highest BCUT2D eigenvalue weighted by Crippen LogP contribution is 2.21. The molecule has 1 aromatic rings. The Labute approximate surface area is 116 Å². The normalized spacial score (nSPS) is 12.5. The molecule has 106 valence electrons. The van der Waals surface area contributed by atoms with E-state index in [1.165, 1.54) is 5.56 Å². The van der Waals surface area contributed by atoms with Crippen LogP contribution < -0.4 is 4.90 Å². The van der Waals surface area contributed by atoms with Crippen molar-refractivity contribution >= 4 is 11.7 Å². The van der Waals surface area contributed by atoms with E-state index in [0.717, 1.165) is 12.1 Å². The molecule has 0 aliphatic rings. The lowest BCUT2D eigenvalue weighted by Gasteiger charge is -2.32. The fraction of sp³-hybridized carbons (Fsp3) is 0.562. The fourth-order valence-electron chi connectivity index (χ4n) is 2.37. The van der Waals surface area contributed by atoms with Crippen LogP contribution in [0, 0.1) is 12.8 Å². The van der Waals surface area contributed by atoms with Gasteiger partial charge < -0.3 is 10.0 Å². The lowest BCUT2D eigenvalue weighted by Crippen LogP contribution is -2.35. The number of anilines is 1. The Balaban J connectivity index is 2.84. The zero-order valence-electron chi connectivity index (χ0n) is 12.4. The van der Waals surface area contributed by atoms with Gasteiger partial charge in [0.15, 0.2) is 0 Å². The van der Waals surface area contributed by atoms with E-state index in [1.807, 2.05) is 0 Å². The van der Waals surface area contributed by atoms with Gasteiger partial charge in [0.25, 0.3) is 0 Å². The van der Waals surface area contributed by atoms with Crippen LogP contribution in [0.15, 0.2) is 24.3 Å². The van der Waals surface area contributed by atoms with Gasteiger partial charge in [0, 0.05) is 18.3 Å². The number of carbonyl (C=O) groups is 1. The zero-order valence-corrected chi connectivity index (χ0v) is 12.4. The average Bonchev–Trinajstić information content (AvgIpc) is 2.30. The molecular weight excluding hydrogens is 238 g/mol. The van der Waals surface area contributed by atoms with Crippen molar-refractivity contribution in [3.63, 3.8) is 0 Å². The fourth-order valence-corrected chi connectivity index (χ4v) is 2.37. The molecular formula is C16H25NO2. The van der Waals surface area contributed by atoms with Gasteiger partial charge in [-0.3, -0.25) is 4.79 Å². The molecule has 0 aromatic heterocycles. The van der Waals surface area contributed by atoms with Gasteiger partial charge in [-0.2, -0.15) is 0 Å². The van der Waals surface area contributed by atoms with Crippen LogP contribution in [0.2, 0.25) is 0 Å². The topological polar surface area (TPSA) is 40.5 Å². The molecule has 0 saturated carbocycles. The summed E-state index contributed by atoms with van der Waals surface area (Å²) in [5.41, 5.74) is 2.33. The molecule has 0 saturated heterocycles. The number of hydrogen-bond donors (Lipinski definition) is 1. The molecule has 0 spiro atoms. The van der Waals surface area contributed by atoms with Gasteiger partial charge in [-0.05, 0) is 38.3 Å². The van der Waals surface area contributed by atoms with E-state index in [1.54, 1.807) is 0 Å². The third-order valence-corrected chi connectivity index (χ3v) is 3.28. The second-order valence-corrected chi connectivity index (χ2v) is 5.65. The molecule has 0 heterocycles. The quantitative estimate of drug-likeness (QED) is 0.815. The van der Waals surface area contributed by atoms with Gasteiger partial charge in [0.1, 0.15) is 0 Å². The Morgan fingerprint density at radius 2 is 1.79 bits per heavy atom. The molecule has 1 aromatic carbocycles. The molecule has 1 unspecified atom stereocenters. The Kier molecular flexibility index (Phi) is 5.87. The van der Waals surface area contributed by atoms with Crippen LogP contribution in [0.25, 0.3) is 0 Å². The van der Waals surface area contributed by atoms with Gasteiger partial charge in [0.05, 0.1) is 6.42 Å². The molecule has 0 aliphatic heterocycles. The first-order valence-corrected chi connectivity index (χ1v) is 6.95. The van der Waals surface area contributed by atoms with Crippen molar-refractivity contribution in [1.29, 1.82) is 0 Å². The van der Waals surface area contributed by atoms with E-state index in [4.69, 9.17) is 5.11 Å². The molecule has 19 heavy (non-hydrogen) atoms. The summed E-state index contributed by atoms with van der Waals surface area (Å²) in [6.45, 7) is 9.18. The van der Waals surface area contributed by atoms with E-state index < -0.39 is 5.97 Å². The summed E-state index contributed by atoms with van der Waals surface area (Å²) in [6.07, 6.45) is 1.24. The summed E-state index contributed by atoms with van der Waals surface area (Å²) in [7, 11) is 0. The highest BCUT2D eigenvalue weighted by molar-refractivity contribution is 5.67. The molecule has 3 nitrogen and oxygen atoms in total. The van der Waals surface area contributed by atoms with Crippen LogP contribution >= 0.6 is 0 Å². The maximum atomic E-state index is 10.8. The molecule has 0 amide bonds. The van der Waals surface area contributed by atoms with Gasteiger partial charge in [-0.25, -0.2) is 0 Å². The van der Waals surface area contributed by atoms with Gasteiger partial charge >= 0.3 is 5.97 Å². The van der Waals surface area contributed by atoms with Gasteiger partial charge in [0.2, 0.25) is 0 Å². The Bertz CT molecular complexity index is 398. The highest BCUT2D eigenvalue weighted by Gasteiger charge is 2.16. The number of hydrogen-bond acceptors (Lipinski definition) is 2. The van der Waals surface area contributed by atoms with Crippen molar-refractivity contribution in [2.75, 3.05) is 11.4 Å². The number of rotatable bonds is 7. The van der Waals surface area contributed by atoms with E-state index >= 15 is 0 Å². The highest BCUT2D eigenvalue weighted by atomic mass is 16.4. The number of aryl methyl sites for hydroxylation is 1. The first kappa shape index (κ1) is 15.5. The van der Waals surface area contributed by atoms with Crippen LogP contribution in [0.1, 0.15) is 39.2 Å². The zero-order chi connectivity index (χ0) is 14.4. The van der Waals surface area contributed by atoms with E-state index in [2.05, 4.69) is 56.9 Å². The molecule has 0 radical (unpaired) electrons. The third-order valence-electron chi connectivity index (χ3n) is 3.28. The molecule has 1 rings (SSSR count). The monoisotopic (exact) mass is 263 g/mol. The van der Waals surface area contributed by atoms with Gasteiger partial charge in [-0.15, -0.1) is 0 Å². The standard InChI is InChI=1S/C16H25NO2/c1-12(2)11-14(4)17(10-9-16(18)19)15-7-5-13(3)6-8-15/h5-8,12,14H,9-11H2,1-4H3,(H,18,19). The van der Waals surface area contributed by atoms with Gasteiger partial charge in [-0.1, -0.05) is 31.5 Å².